The fraction of sp³-hybridized carbons (Fsp3) is 0.267. The van der Waals surface area contributed by atoms with E-state index >= 15 is 0 Å². The Balaban J connectivity index is 2.05. The average molecular weight is 367 g/mol. The van der Waals surface area contributed by atoms with Crippen molar-refractivity contribution in [2.24, 2.45) is 0 Å². The predicted molar refractivity (Wildman–Crippen MR) is 83.0 cm³/mol. The van der Waals surface area contributed by atoms with Crippen molar-refractivity contribution < 1.29 is 22.9 Å². The Morgan fingerprint density at radius 3 is 2.65 bits per heavy atom. The third-order valence-electron chi connectivity index (χ3n) is 3.43. The molecule has 0 unspecified atom stereocenters. The van der Waals surface area contributed by atoms with Gasteiger partial charge in [0, 0.05) is 30.8 Å². The number of amides is 1. The fourth-order valence-corrected chi connectivity index (χ4v) is 2.14. The first-order chi connectivity index (χ1) is 12.1. The van der Waals surface area contributed by atoms with Crippen LogP contribution in [-0.2, 0) is 17.5 Å². The lowest BCUT2D eigenvalue weighted by Gasteiger charge is -2.08. The molecule has 26 heavy (non-hydrogen) atoms. The summed E-state index contributed by atoms with van der Waals surface area (Å²) in [5.41, 5.74) is -1.11. The first-order valence-corrected chi connectivity index (χ1v) is 7.22. The number of nitriles is 1. The van der Waals surface area contributed by atoms with Crippen LogP contribution in [0.3, 0.4) is 0 Å². The van der Waals surface area contributed by atoms with Gasteiger partial charge >= 0.3 is 6.18 Å². The summed E-state index contributed by atoms with van der Waals surface area (Å²) in [5, 5.41) is 25.5. The Morgan fingerprint density at radius 1 is 1.42 bits per heavy atom. The summed E-state index contributed by atoms with van der Waals surface area (Å²) in [7, 11) is 0. The molecule has 1 N–H and O–H groups in total. The molecule has 1 heterocycles. The number of carbonyl (C=O) groups is 1. The molecule has 0 saturated heterocycles. The first-order valence-electron chi connectivity index (χ1n) is 7.22. The molecular formula is C15H12F3N5O3. The highest BCUT2D eigenvalue weighted by molar-refractivity contribution is 5.92. The lowest BCUT2D eigenvalue weighted by Crippen LogP contribution is -2.17. The summed E-state index contributed by atoms with van der Waals surface area (Å²) in [5.74, 6) is -0.571. The van der Waals surface area contributed by atoms with Gasteiger partial charge in [0.15, 0.2) is 5.69 Å². The van der Waals surface area contributed by atoms with Gasteiger partial charge in [-0.2, -0.15) is 23.5 Å². The number of halogens is 3. The van der Waals surface area contributed by atoms with Crippen molar-refractivity contribution in [1.82, 2.24) is 9.78 Å². The Hall–Kier alpha value is -3.42. The molecule has 11 heteroatoms. The van der Waals surface area contributed by atoms with Gasteiger partial charge < -0.3 is 5.32 Å². The van der Waals surface area contributed by atoms with E-state index < -0.39 is 22.7 Å². The van der Waals surface area contributed by atoms with Crippen LogP contribution in [0.5, 0.6) is 0 Å². The van der Waals surface area contributed by atoms with Gasteiger partial charge in [-0.25, -0.2) is 0 Å². The molecule has 136 valence electrons. The molecule has 0 aliphatic rings. The number of rotatable bonds is 5. The van der Waals surface area contributed by atoms with Crippen LogP contribution < -0.4 is 5.32 Å². The molecule has 1 aromatic heterocycles. The van der Waals surface area contributed by atoms with Gasteiger partial charge in [-0.05, 0) is 19.1 Å². The van der Waals surface area contributed by atoms with E-state index in [1.54, 1.807) is 6.07 Å². The molecule has 0 saturated carbocycles. The van der Waals surface area contributed by atoms with Crippen molar-refractivity contribution in [2.45, 2.75) is 26.1 Å². The molecule has 2 aromatic rings. The van der Waals surface area contributed by atoms with Crippen molar-refractivity contribution >= 4 is 17.3 Å². The van der Waals surface area contributed by atoms with E-state index in [0.717, 1.165) is 22.9 Å². The van der Waals surface area contributed by atoms with Gasteiger partial charge in [-0.15, -0.1) is 0 Å². The van der Waals surface area contributed by atoms with Gasteiger partial charge in [0.2, 0.25) is 5.91 Å². The van der Waals surface area contributed by atoms with Crippen LogP contribution >= 0.6 is 0 Å². The largest absolute Gasteiger partial charge is 0.435 e. The quantitative estimate of drug-likeness (QED) is 0.644. The van der Waals surface area contributed by atoms with Crippen LogP contribution in [0, 0.1) is 28.4 Å². The Kier molecular flexibility index (Phi) is 5.25. The summed E-state index contributed by atoms with van der Waals surface area (Å²) in [6.45, 7) is 1.34. The van der Waals surface area contributed by atoms with Crippen LogP contribution in [0.4, 0.5) is 24.5 Å². The monoisotopic (exact) mass is 367 g/mol. The zero-order valence-electron chi connectivity index (χ0n) is 13.4. The fourth-order valence-electron chi connectivity index (χ4n) is 2.14. The van der Waals surface area contributed by atoms with Gasteiger partial charge in [-0.1, -0.05) is 0 Å². The zero-order chi connectivity index (χ0) is 19.5. The maximum absolute atomic E-state index is 12.6. The van der Waals surface area contributed by atoms with Crippen LogP contribution in [0.1, 0.15) is 23.4 Å². The van der Waals surface area contributed by atoms with Crippen LogP contribution in [0.25, 0.3) is 0 Å². The van der Waals surface area contributed by atoms with Gasteiger partial charge in [0.25, 0.3) is 5.69 Å². The second-order valence-electron chi connectivity index (χ2n) is 5.29. The topological polar surface area (TPSA) is 114 Å². The average Bonchev–Trinajstić information content (AvgIpc) is 2.94. The Labute approximate surface area is 145 Å². The van der Waals surface area contributed by atoms with E-state index in [1.807, 2.05) is 0 Å². The number of carbonyl (C=O) groups excluding carboxylic acids is 1. The molecule has 0 radical (unpaired) electrons. The van der Waals surface area contributed by atoms with E-state index in [4.69, 9.17) is 5.26 Å². The number of nitrogens with zero attached hydrogens (tertiary/aromatic N) is 4. The zero-order valence-corrected chi connectivity index (χ0v) is 13.4. The minimum absolute atomic E-state index is 0.0799. The normalized spacial score (nSPS) is 11.0. The van der Waals surface area contributed by atoms with E-state index in [9.17, 15) is 28.1 Å². The summed E-state index contributed by atoms with van der Waals surface area (Å²) in [6.07, 6.45) is -4.76. The Morgan fingerprint density at radius 2 is 2.12 bits per heavy atom. The molecule has 0 fully saturated rings. The van der Waals surface area contributed by atoms with Gasteiger partial charge in [-0.3, -0.25) is 19.6 Å². The summed E-state index contributed by atoms with van der Waals surface area (Å²) in [6, 6.07) is 5.98. The number of non-ortho nitro benzene ring substituents is 1. The summed E-state index contributed by atoms with van der Waals surface area (Å²) in [4.78, 5) is 22.0. The number of alkyl halides is 3. The molecule has 1 aromatic carbocycles. The number of aromatic nitrogens is 2. The molecule has 8 nitrogen and oxygen atoms in total. The predicted octanol–water partition coefficient (Wildman–Crippen LogP) is 3.02. The van der Waals surface area contributed by atoms with E-state index in [-0.39, 0.29) is 35.6 Å². The molecule has 0 aliphatic carbocycles. The summed E-state index contributed by atoms with van der Waals surface area (Å²) < 4.78 is 38.9. The van der Waals surface area contributed by atoms with Crippen LogP contribution in [0.2, 0.25) is 0 Å². The Bertz CT molecular complexity index is 899. The van der Waals surface area contributed by atoms with Crippen molar-refractivity contribution in [1.29, 1.82) is 5.26 Å². The third kappa shape index (κ3) is 4.35. The van der Waals surface area contributed by atoms with Gasteiger partial charge in [0.05, 0.1) is 16.2 Å². The van der Waals surface area contributed by atoms with Gasteiger partial charge in [0.1, 0.15) is 6.07 Å². The SMILES string of the molecule is Cc1cc(C(F)(F)F)nn1CCC(=O)Nc1ccc([N+](=O)[O-])cc1C#N. The number of nitro benzene ring substituents is 1. The number of nitrogens with one attached hydrogen (secondary N) is 1. The molecule has 0 aliphatic heterocycles. The lowest BCUT2D eigenvalue weighted by molar-refractivity contribution is -0.384. The van der Waals surface area contributed by atoms with E-state index in [2.05, 4.69) is 10.4 Å². The van der Waals surface area contributed by atoms with E-state index in [1.165, 1.54) is 13.0 Å². The molecule has 0 bridgehead atoms. The minimum atomic E-state index is -4.57. The second-order valence-corrected chi connectivity index (χ2v) is 5.29. The first kappa shape index (κ1) is 18.9. The van der Waals surface area contributed by atoms with Crippen molar-refractivity contribution in [3.8, 4) is 6.07 Å². The smallest absolute Gasteiger partial charge is 0.325 e. The standard InChI is InChI=1S/C15H12F3N5O3/c1-9-6-13(15(16,17)18)21-22(9)5-4-14(24)20-12-3-2-11(23(25)26)7-10(12)8-19/h2-3,6-7H,4-5H2,1H3,(H,20,24). The van der Waals surface area contributed by atoms with Crippen molar-refractivity contribution in [3.63, 3.8) is 0 Å². The maximum atomic E-state index is 12.6. The van der Waals surface area contributed by atoms with Crippen LogP contribution in [0.15, 0.2) is 24.3 Å². The highest BCUT2D eigenvalue weighted by atomic mass is 19.4. The van der Waals surface area contributed by atoms with Crippen molar-refractivity contribution in [2.75, 3.05) is 5.32 Å². The summed E-state index contributed by atoms with van der Waals surface area (Å²) >= 11 is 0. The molecule has 2 rings (SSSR count). The second kappa shape index (κ2) is 7.22. The third-order valence-corrected chi connectivity index (χ3v) is 3.43. The number of hydrogen-bond acceptors (Lipinski definition) is 5. The molecule has 0 atom stereocenters. The lowest BCUT2D eigenvalue weighted by atomic mass is 10.1. The highest BCUT2D eigenvalue weighted by Gasteiger charge is 2.34. The molecule has 0 spiro atoms. The number of nitro groups is 1. The van der Waals surface area contributed by atoms with E-state index in [0.29, 0.717) is 0 Å². The maximum Gasteiger partial charge on any atom is 0.435 e. The molecule has 1 amide bonds. The highest BCUT2D eigenvalue weighted by Crippen LogP contribution is 2.28. The van der Waals surface area contributed by atoms with Crippen LogP contribution in [-0.4, -0.2) is 20.6 Å². The minimum Gasteiger partial charge on any atom is -0.325 e. The number of hydrogen-bond donors (Lipinski definition) is 1. The number of anilines is 1. The number of benzene rings is 1. The van der Waals surface area contributed by atoms with Crippen molar-refractivity contribution in [3.05, 3.63) is 51.3 Å². The number of aryl methyl sites for hydroxylation is 2. The molecular weight excluding hydrogens is 355 g/mol.